The van der Waals surface area contributed by atoms with Crippen LogP contribution in [0.2, 0.25) is 0 Å². The lowest BCUT2D eigenvalue weighted by Gasteiger charge is -2.09. The third-order valence-electron chi connectivity index (χ3n) is 2.70. The Morgan fingerprint density at radius 2 is 1.89 bits per heavy atom. The van der Waals surface area contributed by atoms with Crippen molar-refractivity contribution >= 4 is 27.3 Å². The quantitative estimate of drug-likeness (QED) is 0.834. The average Bonchev–Trinajstić information content (AvgIpc) is 2.43. The fourth-order valence-corrected chi connectivity index (χ4v) is 2.20. The van der Waals surface area contributed by atoms with E-state index in [9.17, 15) is 0 Å². The zero-order chi connectivity index (χ0) is 13.5. The molecule has 0 amide bonds. The second-order valence-electron chi connectivity index (χ2n) is 4.37. The largest absolute Gasteiger partial charge is 0.384 e. The summed E-state index contributed by atoms with van der Waals surface area (Å²) in [6, 6.07) is 10.4. The zero-order valence-electron chi connectivity index (χ0n) is 11.0. The van der Waals surface area contributed by atoms with Gasteiger partial charge in [0.05, 0.1) is 23.8 Å². The van der Waals surface area contributed by atoms with Gasteiger partial charge in [0.2, 0.25) is 0 Å². The van der Waals surface area contributed by atoms with Crippen molar-refractivity contribution in [2.75, 3.05) is 17.2 Å². The van der Waals surface area contributed by atoms with Crippen LogP contribution in [-0.4, -0.2) is 11.5 Å². The van der Waals surface area contributed by atoms with Crippen molar-refractivity contribution < 1.29 is 0 Å². The molecule has 2 aromatic rings. The Bertz CT molecular complexity index is 528. The summed E-state index contributed by atoms with van der Waals surface area (Å²) in [6.45, 7) is 3.91. The highest BCUT2D eigenvalue weighted by atomic mass is 79.9. The van der Waals surface area contributed by atoms with Gasteiger partial charge in [-0.25, -0.2) is 0 Å². The summed E-state index contributed by atoms with van der Waals surface area (Å²) >= 11 is 3.48. The van der Waals surface area contributed by atoms with E-state index in [1.807, 2.05) is 24.5 Å². The molecular weight excluding hydrogens is 302 g/mol. The van der Waals surface area contributed by atoms with Crippen molar-refractivity contribution in [3.05, 3.63) is 52.8 Å². The van der Waals surface area contributed by atoms with Gasteiger partial charge in [0.25, 0.3) is 0 Å². The number of nitrogens with one attached hydrogen (secondary N) is 2. The Labute approximate surface area is 122 Å². The van der Waals surface area contributed by atoms with Gasteiger partial charge in [0.1, 0.15) is 0 Å². The first-order valence-corrected chi connectivity index (χ1v) is 7.24. The van der Waals surface area contributed by atoms with E-state index in [1.165, 1.54) is 5.56 Å². The topological polar surface area (TPSA) is 37.0 Å². The molecule has 0 aliphatic heterocycles. The first kappa shape index (κ1) is 13.9. The fourth-order valence-electron chi connectivity index (χ4n) is 1.75. The van der Waals surface area contributed by atoms with Crippen LogP contribution in [0.15, 0.2) is 47.2 Å². The van der Waals surface area contributed by atoms with Crippen molar-refractivity contribution in [2.24, 2.45) is 0 Å². The van der Waals surface area contributed by atoms with Crippen molar-refractivity contribution in [3.8, 4) is 0 Å². The number of rotatable bonds is 6. The van der Waals surface area contributed by atoms with E-state index >= 15 is 0 Å². The molecule has 0 radical (unpaired) electrons. The van der Waals surface area contributed by atoms with E-state index in [0.717, 1.165) is 35.4 Å². The van der Waals surface area contributed by atoms with E-state index in [-0.39, 0.29) is 0 Å². The summed E-state index contributed by atoms with van der Waals surface area (Å²) in [7, 11) is 0. The van der Waals surface area contributed by atoms with E-state index in [4.69, 9.17) is 0 Å². The van der Waals surface area contributed by atoms with E-state index in [1.54, 1.807) is 0 Å². The molecule has 100 valence electrons. The summed E-state index contributed by atoms with van der Waals surface area (Å²) in [5, 5.41) is 6.71. The van der Waals surface area contributed by atoms with E-state index in [2.05, 4.69) is 56.7 Å². The minimum Gasteiger partial charge on any atom is -0.384 e. The van der Waals surface area contributed by atoms with Crippen LogP contribution < -0.4 is 10.6 Å². The van der Waals surface area contributed by atoms with E-state index in [0.29, 0.717) is 0 Å². The Hall–Kier alpha value is -1.55. The molecule has 3 nitrogen and oxygen atoms in total. The molecule has 0 aliphatic carbocycles. The smallest absolute Gasteiger partial charge is 0.0550 e. The molecule has 1 aromatic carbocycles. The number of benzene rings is 1. The van der Waals surface area contributed by atoms with Gasteiger partial charge in [0, 0.05) is 17.6 Å². The molecule has 0 spiro atoms. The number of pyridine rings is 1. The van der Waals surface area contributed by atoms with Crippen LogP contribution in [0.5, 0.6) is 0 Å². The van der Waals surface area contributed by atoms with Crippen molar-refractivity contribution in [1.82, 2.24) is 4.98 Å². The van der Waals surface area contributed by atoms with Crippen LogP contribution in [0.3, 0.4) is 0 Å². The Morgan fingerprint density at radius 3 is 2.63 bits per heavy atom. The van der Waals surface area contributed by atoms with Crippen LogP contribution in [-0.2, 0) is 6.54 Å². The molecule has 2 N–H and O–H groups in total. The lowest BCUT2D eigenvalue weighted by molar-refractivity contribution is 0.977. The molecule has 4 heteroatoms. The highest BCUT2D eigenvalue weighted by Crippen LogP contribution is 2.16. The monoisotopic (exact) mass is 319 g/mol. The molecule has 0 fully saturated rings. The van der Waals surface area contributed by atoms with E-state index < -0.39 is 0 Å². The molecule has 1 heterocycles. The molecular formula is C15H18BrN3. The number of anilines is 2. The van der Waals surface area contributed by atoms with Gasteiger partial charge in [-0.05, 0) is 30.2 Å². The van der Waals surface area contributed by atoms with Crippen LogP contribution in [0, 0.1) is 0 Å². The Morgan fingerprint density at radius 1 is 1.11 bits per heavy atom. The zero-order valence-corrected chi connectivity index (χ0v) is 12.6. The molecule has 2 rings (SSSR count). The molecule has 0 unspecified atom stereocenters. The summed E-state index contributed by atoms with van der Waals surface area (Å²) in [5.74, 6) is 0. The van der Waals surface area contributed by atoms with Crippen LogP contribution in [0.4, 0.5) is 11.4 Å². The highest BCUT2D eigenvalue weighted by Gasteiger charge is 1.97. The van der Waals surface area contributed by atoms with Crippen molar-refractivity contribution in [2.45, 2.75) is 19.9 Å². The SMILES string of the molecule is CCCNc1cncc(NCc2cccc(Br)c2)c1. The fraction of sp³-hybridized carbons (Fsp3) is 0.267. The minimum atomic E-state index is 0.790. The maximum absolute atomic E-state index is 4.23. The standard InChI is InChI=1S/C15H18BrN3/c1-2-6-18-14-8-15(11-17-10-14)19-9-12-4-3-5-13(16)7-12/h3-5,7-8,10-11,18-19H,2,6,9H2,1H3. The molecule has 1 aromatic heterocycles. The predicted molar refractivity (Wildman–Crippen MR) is 84.5 cm³/mol. The van der Waals surface area contributed by atoms with Crippen LogP contribution in [0.25, 0.3) is 0 Å². The molecule has 0 saturated heterocycles. The van der Waals surface area contributed by atoms with Crippen molar-refractivity contribution in [3.63, 3.8) is 0 Å². The average molecular weight is 320 g/mol. The van der Waals surface area contributed by atoms with Gasteiger partial charge in [-0.1, -0.05) is 35.0 Å². The predicted octanol–water partition coefficient (Wildman–Crippen LogP) is 4.28. The molecule has 0 bridgehead atoms. The summed E-state index contributed by atoms with van der Waals surface area (Å²) in [5.41, 5.74) is 3.32. The highest BCUT2D eigenvalue weighted by molar-refractivity contribution is 9.10. The molecule has 0 atom stereocenters. The lowest BCUT2D eigenvalue weighted by atomic mass is 10.2. The number of hydrogen-bond donors (Lipinski definition) is 2. The third-order valence-corrected chi connectivity index (χ3v) is 3.20. The second kappa shape index (κ2) is 7.14. The minimum absolute atomic E-state index is 0.790. The summed E-state index contributed by atoms with van der Waals surface area (Å²) in [6.07, 6.45) is 4.80. The molecule has 0 saturated carbocycles. The van der Waals surface area contributed by atoms with Gasteiger partial charge < -0.3 is 10.6 Å². The third kappa shape index (κ3) is 4.56. The van der Waals surface area contributed by atoms with Crippen LogP contribution in [0.1, 0.15) is 18.9 Å². The van der Waals surface area contributed by atoms with Gasteiger partial charge in [-0.2, -0.15) is 0 Å². The lowest BCUT2D eigenvalue weighted by Crippen LogP contribution is -2.03. The Kier molecular flexibility index (Phi) is 5.21. The maximum atomic E-state index is 4.23. The number of halogens is 1. The molecule has 19 heavy (non-hydrogen) atoms. The second-order valence-corrected chi connectivity index (χ2v) is 5.29. The first-order valence-electron chi connectivity index (χ1n) is 6.45. The number of nitrogens with zero attached hydrogens (tertiary/aromatic N) is 1. The van der Waals surface area contributed by atoms with Gasteiger partial charge in [-0.15, -0.1) is 0 Å². The summed E-state index contributed by atoms with van der Waals surface area (Å²) < 4.78 is 1.10. The number of aromatic nitrogens is 1. The number of hydrogen-bond acceptors (Lipinski definition) is 3. The molecule has 0 aliphatic rings. The summed E-state index contributed by atoms with van der Waals surface area (Å²) in [4.78, 5) is 4.23. The maximum Gasteiger partial charge on any atom is 0.0550 e. The van der Waals surface area contributed by atoms with Gasteiger partial charge in [0.15, 0.2) is 0 Å². The van der Waals surface area contributed by atoms with Gasteiger partial charge in [-0.3, -0.25) is 4.98 Å². The van der Waals surface area contributed by atoms with Gasteiger partial charge >= 0.3 is 0 Å². The Balaban J connectivity index is 1.95. The van der Waals surface area contributed by atoms with Crippen molar-refractivity contribution in [1.29, 1.82) is 0 Å². The normalized spacial score (nSPS) is 10.2. The first-order chi connectivity index (χ1) is 9.28. The van der Waals surface area contributed by atoms with Crippen LogP contribution >= 0.6 is 15.9 Å².